The van der Waals surface area contributed by atoms with Gasteiger partial charge >= 0.3 is 0 Å². The number of hydrogen-bond donors (Lipinski definition) is 1. The Labute approximate surface area is 185 Å². The van der Waals surface area contributed by atoms with Gasteiger partial charge in [-0.05, 0) is 43.2 Å². The normalized spacial score (nSPS) is 16.0. The molecule has 1 aromatic carbocycles. The van der Waals surface area contributed by atoms with E-state index in [-0.39, 0.29) is 23.2 Å². The largest absolute Gasteiger partial charge is 0.363 e. The van der Waals surface area contributed by atoms with E-state index in [4.69, 9.17) is 11.0 Å². The molecule has 0 radical (unpaired) electrons. The van der Waals surface area contributed by atoms with Crippen molar-refractivity contribution in [3.63, 3.8) is 0 Å². The van der Waals surface area contributed by atoms with Gasteiger partial charge in [0.1, 0.15) is 17.7 Å². The molecule has 1 aliphatic rings. The fourth-order valence-electron chi connectivity index (χ4n) is 3.77. The zero-order chi connectivity index (χ0) is 22.8. The number of halogens is 1. The molecule has 1 fully saturated rings. The Bertz CT molecular complexity index is 1180. The van der Waals surface area contributed by atoms with Crippen molar-refractivity contribution in [2.45, 2.75) is 18.9 Å². The Kier molecular flexibility index (Phi) is 5.88. The summed E-state index contributed by atoms with van der Waals surface area (Å²) in [4.78, 5) is 21.2. The number of likely N-dealkylation sites (tertiary alicyclic amines) is 1. The molecular formula is C23H24FN7O. The molecule has 3 heterocycles. The molecule has 1 amide bonds. The molecule has 2 N–H and O–H groups in total. The van der Waals surface area contributed by atoms with Crippen LogP contribution in [-0.2, 0) is 0 Å². The summed E-state index contributed by atoms with van der Waals surface area (Å²) < 4.78 is 15.8. The molecule has 1 atom stereocenters. The van der Waals surface area contributed by atoms with Gasteiger partial charge in [0, 0.05) is 51.1 Å². The second-order valence-electron chi connectivity index (χ2n) is 8.06. The molecule has 9 heteroatoms. The van der Waals surface area contributed by atoms with E-state index in [1.807, 2.05) is 37.2 Å². The molecular weight excluding hydrogens is 409 g/mol. The summed E-state index contributed by atoms with van der Waals surface area (Å²) in [5.74, 6) is -0.0858. The lowest BCUT2D eigenvalue weighted by Crippen LogP contribution is -2.45. The molecule has 0 saturated carbocycles. The summed E-state index contributed by atoms with van der Waals surface area (Å²) in [5.41, 5.74) is 7.95. The minimum absolute atomic E-state index is 0.0512. The monoisotopic (exact) mass is 433 g/mol. The zero-order valence-corrected chi connectivity index (χ0v) is 18.0. The first-order valence-electron chi connectivity index (χ1n) is 10.4. The summed E-state index contributed by atoms with van der Waals surface area (Å²) in [6.07, 6.45) is 3.42. The quantitative estimate of drug-likeness (QED) is 0.678. The van der Waals surface area contributed by atoms with Gasteiger partial charge in [-0.2, -0.15) is 10.4 Å². The van der Waals surface area contributed by atoms with Crippen LogP contribution >= 0.6 is 0 Å². The molecule has 1 unspecified atom stereocenters. The lowest BCUT2D eigenvalue weighted by Gasteiger charge is -2.30. The number of anilines is 1. The summed E-state index contributed by atoms with van der Waals surface area (Å²) in [6.45, 7) is 1.10. The molecule has 0 bridgehead atoms. The summed E-state index contributed by atoms with van der Waals surface area (Å²) in [7, 11) is 3.79. The molecule has 1 saturated heterocycles. The summed E-state index contributed by atoms with van der Waals surface area (Å²) in [6, 6.07) is 11.4. The number of hydrogen-bond acceptors (Lipinski definition) is 6. The maximum absolute atomic E-state index is 14.3. The lowest BCUT2D eigenvalue weighted by molar-refractivity contribution is 0.0702. The van der Waals surface area contributed by atoms with Gasteiger partial charge in [0.25, 0.3) is 5.91 Å². The van der Waals surface area contributed by atoms with E-state index in [0.717, 1.165) is 24.2 Å². The van der Waals surface area contributed by atoms with Crippen molar-refractivity contribution in [1.29, 1.82) is 5.26 Å². The molecule has 2 aromatic heterocycles. The first-order valence-corrected chi connectivity index (χ1v) is 10.4. The Morgan fingerprint density at radius 2 is 2.09 bits per heavy atom. The van der Waals surface area contributed by atoms with Gasteiger partial charge in [-0.15, -0.1) is 0 Å². The van der Waals surface area contributed by atoms with Gasteiger partial charge < -0.3 is 15.5 Å². The van der Waals surface area contributed by atoms with Crippen molar-refractivity contribution < 1.29 is 9.18 Å². The number of nitriles is 1. The number of amides is 1. The van der Waals surface area contributed by atoms with Crippen LogP contribution in [0.5, 0.6) is 0 Å². The fraction of sp³-hybridized carbons (Fsp3) is 0.304. The van der Waals surface area contributed by atoms with Gasteiger partial charge in [0.2, 0.25) is 0 Å². The van der Waals surface area contributed by atoms with E-state index in [0.29, 0.717) is 24.5 Å². The van der Waals surface area contributed by atoms with E-state index < -0.39 is 5.82 Å². The smallest absolute Gasteiger partial charge is 0.274 e. The van der Waals surface area contributed by atoms with E-state index in [1.165, 1.54) is 16.8 Å². The lowest BCUT2D eigenvalue weighted by atomic mass is 10.1. The highest BCUT2D eigenvalue weighted by Gasteiger charge is 2.26. The molecule has 0 spiro atoms. The third-order valence-corrected chi connectivity index (χ3v) is 5.49. The first kappa shape index (κ1) is 21.5. The highest BCUT2D eigenvalue weighted by atomic mass is 19.1. The van der Waals surface area contributed by atoms with E-state index >= 15 is 0 Å². The molecule has 0 aliphatic carbocycles. The predicted molar refractivity (Wildman–Crippen MR) is 119 cm³/mol. The molecule has 164 valence electrons. The topological polar surface area (TPSA) is 104 Å². The highest BCUT2D eigenvalue weighted by molar-refractivity contribution is 5.93. The summed E-state index contributed by atoms with van der Waals surface area (Å²) in [5, 5.41) is 13.5. The Morgan fingerprint density at radius 1 is 1.28 bits per heavy atom. The van der Waals surface area contributed by atoms with Crippen molar-refractivity contribution in [1.82, 2.24) is 19.7 Å². The zero-order valence-electron chi connectivity index (χ0n) is 18.0. The average molecular weight is 433 g/mol. The standard InChI is InChI=1S/C23H24FN7O/c1-29(2)22-8-6-16(13-27-22)21-11-20(23(32)30-9-3-4-17(26)14-30)28-31(21)18-7-5-15(12-25)19(24)10-18/h5-8,10-11,13,17H,3-4,9,14,26H2,1-2H3. The number of aromatic nitrogens is 3. The van der Waals surface area contributed by atoms with Crippen molar-refractivity contribution in [3.8, 4) is 23.0 Å². The van der Waals surface area contributed by atoms with Crippen LogP contribution in [0, 0.1) is 17.1 Å². The summed E-state index contributed by atoms with van der Waals surface area (Å²) >= 11 is 0. The van der Waals surface area contributed by atoms with Gasteiger partial charge in [-0.25, -0.2) is 14.1 Å². The maximum Gasteiger partial charge on any atom is 0.274 e. The first-order chi connectivity index (χ1) is 15.4. The van der Waals surface area contributed by atoms with Crippen LogP contribution < -0.4 is 10.6 Å². The minimum Gasteiger partial charge on any atom is -0.363 e. The third-order valence-electron chi connectivity index (χ3n) is 5.49. The van der Waals surface area contributed by atoms with Crippen molar-refractivity contribution in [2.75, 3.05) is 32.1 Å². The number of pyridine rings is 1. The van der Waals surface area contributed by atoms with Crippen LogP contribution in [0.1, 0.15) is 28.9 Å². The second-order valence-corrected chi connectivity index (χ2v) is 8.06. The van der Waals surface area contributed by atoms with Crippen LogP contribution in [0.25, 0.3) is 16.9 Å². The van der Waals surface area contributed by atoms with Crippen LogP contribution in [-0.4, -0.2) is 58.8 Å². The minimum atomic E-state index is -0.651. The fourth-order valence-corrected chi connectivity index (χ4v) is 3.77. The van der Waals surface area contributed by atoms with Crippen molar-refractivity contribution >= 4 is 11.7 Å². The van der Waals surface area contributed by atoms with Crippen molar-refractivity contribution in [2.24, 2.45) is 5.73 Å². The van der Waals surface area contributed by atoms with Crippen LogP contribution in [0.15, 0.2) is 42.6 Å². The van der Waals surface area contributed by atoms with E-state index in [2.05, 4.69) is 10.1 Å². The highest BCUT2D eigenvalue weighted by Crippen LogP contribution is 2.27. The van der Waals surface area contributed by atoms with E-state index in [1.54, 1.807) is 23.2 Å². The molecule has 8 nitrogen and oxygen atoms in total. The maximum atomic E-state index is 14.3. The molecule has 3 aromatic rings. The Hall–Kier alpha value is -3.77. The number of piperidine rings is 1. The molecule has 32 heavy (non-hydrogen) atoms. The Morgan fingerprint density at radius 3 is 2.72 bits per heavy atom. The third kappa shape index (κ3) is 4.18. The number of carbonyl (C=O) groups is 1. The number of nitrogens with two attached hydrogens (primary N) is 1. The van der Waals surface area contributed by atoms with Gasteiger partial charge in [-0.3, -0.25) is 4.79 Å². The van der Waals surface area contributed by atoms with Crippen LogP contribution in [0.3, 0.4) is 0 Å². The van der Waals surface area contributed by atoms with Crippen molar-refractivity contribution in [3.05, 3.63) is 59.7 Å². The number of carbonyl (C=O) groups excluding carboxylic acids is 1. The average Bonchev–Trinajstić information content (AvgIpc) is 3.24. The van der Waals surface area contributed by atoms with Gasteiger partial charge in [-0.1, -0.05) is 0 Å². The predicted octanol–water partition coefficient (Wildman–Crippen LogP) is 2.57. The SMILES string of the molecule is CN(C)c1ccc(-c2cc(C(=O)N3CCCC(N)C3)nn2-c2ccc(C#N)c(F)c2)cn1. The van der Waals surface area contributed by atoms with Crippen LogP contribution in [0.2, 0.25) is 0 Å². The number of nitrogens with zero attached hydrogens (tertiary/aromatic N) is 6. The second kappa shape index (κ2) is 8.77. The van der Waals surface area contributed by atoms with Gasteiger partial charge in [0.05, 0.1) is 16.9 Å². The Balaban J connectivity index is 1.79. The number of benzene rings is 1. The number of rotatable bonds is 4. The molecule has 1 aliphatic heterocycles. The van der Waals surface area contributed by atoms with Gasteiger partial charge in [0.15, 0.2) is 5.69 Å². The van der Waals surface area contributed by atoms with Crippen LogP contribution in [0.4, 0.5) is 10.2 Å². The van der Waals surface area contributed by atoms with E-state index in [9.17, 15) is 9.18 Å². The molecule has 4 rings (SSSR count).